The van der Waals surface area contributed by atoms with Crippen LogP contribution in [-0.2, 0) is 11.3 Å². The van der Waals surface area contributed by atoms with Crippen LogP contribution in [0.15, 0.2) is 64.5 Å². The molecule has 0 unspecified atom stereocenters. The Morgan fingerprint density at radius 3 is 2.18 bits per heavy atom. The minimum Gasteiger partial charge on any atom is -1.00 e. The average Bonchev–Trinajstić information content (AvgIpc) is 3.21. The summed E-state index contributed by atoms with van der Waals surface area (Å²) in [6, 6.07) is 19.9. The highest BCUT2D eigenvalue weighted by Gasteiger charge is 2.26. The fraction of sp³-hybridized carbons (Fsp3) is 0.452. The van der Waals surface area contributed by atoms with Crippen molar-refractivity contribution >= 4 is 40.2 Å². The molecule has 4 rings (SSSR count). The smallest absolute Gasteiger partial charge is 0.277 e. The van der Waals surface area contributed by atoms with Crippen molar-refractivity contribution < 1.29 is 33.3 Å². The summed E-state index contributed by atoms with van der Waals surface area (Å²) >= 11 is 1.85. The molecule has 39 heavy (non-hydrogen) atoms. The first kappa shape index (κ1) is 31.7. The zero-order chi connectivity index (χ0) is 27.1. The Kier molecular flexibility index (Phi) is 12.4. The molecule has 212 valence electrons. The van der Waals surface area contributed by atoms with Crippen LogP contribution < -0.4 is 38.3 Å². The number of nitrogens with zero attached hydrogens (tertiary/aromatic N) is 5. The van der Waals surface area contributed by atoms with E-state index in [0.717, 1.165) is 45.6 Å². The maximum absolute atomic E-state index is 5.57. The standard InChI is InChI=1S/C31H44N5OS.HI/c1-32(2)17-11-19-35(20-12-18-33(3)4)30-23-25(24-31-34(5)28-15-9-10-16-29(28)38-31)26-13-7-8-14-27(26)36(30)21-22-37-6;/h7-10,13-16,23-24H,11-12,17-22H2,1-6H3;1H/q+1;/p-1. The molecule has 0 amide bonds. The summed E-state index contributed by atoms with van der Waals surface area (Å²) in [6.07, 6.45) is 4.61. The first-order chi connectivity index (χ1) is 18.4. The minimum atomic E-state index is 0. The summed E-state index contributed by atoms with van der Waals surface area (Å²) in [4.78, 5) is 10.8. The Bertz CT molecular complexity index is 1230. The van der Waals surface area contributed by atoms with Gasteiger partial charge in [0.25, 0.3) is 5.82 Å². The van der Waals surface area contributed by atoms with Crippen LogP contribution in [0.25, 0.3) is 17.0 Å². The molecule has 2 aromatic carbocycles. The Morgan fingerprint density at radius 1 is 0.897 bits per heavy atom. The van der Waals surface area contributed by atoms with Gasteiger partial charge in [-0.1, -0.05) is 42.1 Å². The summed E-state index contributed by atoms with van der Waals surface area (Å²) in [5, 5.41) is 2.52. The van der Waals surface area contributed by atoms with Gasteiger partial charge in [0.1, 0.15) is 12.1 Å². The monoisotopic (exact) mass is 661 g/mol. The molecule has 0 atom stereocenters. The molecule has 3 aromatic rings. The van der Waals surface area contributed by atoms with Gasteiger partial charge >= 0.3 is 0 Å². The molecule has 0 spiro atoms. The van der Waals surface area contributed by atoms with Gasteiger partial charge in [-0.15, -0.1) is 0 Å². The molecule has 1 aliphatic heterocycles. The Balaban J connectivity index is 0.00000420. The SMILES string of the molecule is COCC[n+]1c(N(CCCN(C)C)CCCN(C)C)cc(C=C2Sc3ccccc3N2C)c2ccccc21.[I-]. The molecule has 1 aliphatic rings. The molecule has 0 saturated heterocycles. The number of ether oxygens (including phenoxy) is 1. The number of para-hydroxylation sites is 2. The highest BCUT2D eigenvalue weighted by molar-refractivity contribution is 8.03. The van der Waals surface area contributed by atoms with E-state index in [-0.39, 0.29) is 24.0 Å². The lowest BCUT2D eigenvalue weighted by Gasteiger charge is -2.23. The van der Waals surface area contributed by atoms with E-state index >= 15 is 0 Å². The molecule has 0 aliphatic carbocycles. The van der Waals surface area contributed by atoms with Gasteiger partial charge < -0.3 is 43.4 Å². The summed E-state index contributed by atoms with van der Waals surface area (Å²) < 4.78 is 8.03. The second-order valence-electron chi connectivity index (χ2n) is 10.5. The quantitative estimate of drug-likeness (QED) is 0.206. The first-order valence-electron chi connectivity index (χ1n) is 13.6. The topological polar surface area (TPSA) is 26.1 Å². The van der Waals surface area contributed by atoms with Crippen molar-refractivity contribution in [3.63, 3.8) is 0 Å². The third-order valence-corrected chi connectivity index (χ3v) is 8.19. The van der Waals surface area contributed by atoms with Crippen LogP contribution in [0, 0.1) is 0 Å². The zero-order valence-corrected chi connectivity index (χ0v) is 27.3. The molecule has 0 fully saturated rings. The summed E-state index contributed by atoms with van der Waals surface area (Å²) in [7, 11) is 12.6. The number of halogens is 1. The summed E-state index contributed by atoms with van der Waals surface area (Å²) in [6.45, 7) is 5.69. The molecule has 1 aromatic heterocycles. The van der Waals surface area contributed by atoms with Crippen molar-refractivity contribution in [1.82, 2.24) is 9.80 Å². The number of rotatable bonds is 13. The molecule has 8 heteroatoms. The minimum absolute atomic E-state index is 0. The number of aromatic nitrogens is 1. The van der Waals surface area contributed by atoms with Crippen molar-refractivity contribution in [3.05, 3.63) is 65.2 Å². The van der Waals surface area contributed by atoms with Crippen molar-refractivity contribution in [3.8, 4) is 0 Å². The van der Waals surface area contributed by atoms with Crippen molar-refractivity contribution in [2.45, 2.75) is 24.3 Å². The number of benzene rings is 2. The van der Waals surface area contributed by atoms with Gasteiger partial charge in [0.2, 0.25) is 0 Å². The van der Waals surface area contributed by atoms with Gasteiger partial charge in [-0.2, -0.15) is 0 Å². The van der Waals surface area contributed by atoms with Crippen LogP contribution >= 0.6 is 11.8 Å². The van der Waals surface area contributed by atoms with Crippen molar-refractivity contribution in [1.29, 1.82) is 0 Å². The molecule has 0 bridgehead atoms. The van der Waals surface area contributed by atoms with E-state index in [4.69, 9.17) is 4.74 Å². The first-order valence-corrected chi connectivity index (χ1v) is 14.4. The maximum atomic E-state index is 5.57. The van der Waals surface area contributed by atoms with E-state index in [1.807, 2.05) is 11.8 Å². The van der Waals surface area contributed by atoms with Crippen LogP contribution in [0.5, 0.6) is 0 Å². The van der Waals surface area contributed by atoms with Crippen LogP contribution in [-0.4, -0.2) is 84.9 Å². The summed E-state index contributed by atoms with van der Waals surface area (Å²) in [5.41, 5.74) is 3.78. The Hall–Kier alpha value is -1.85. The molecule has 2 heterocycles. The number of hydrogen-bond acceptors (Lipinski definition) is 6. The number of methoxy groups -OCH3 is 1. The lowest BCUT2D eigenvalue weighted by Crippen LogP contribution is -3.00. The van der Waals surface area contributed by atoms with Gasteiger partial charge in [-0.05, 0) is 70.9 Å². The van der Waals surface area contributed by atoms with Crippen molar-refractivity contribution in [2.75, 3.05) is 84.9 Å². The number of thioether (sulfide) groups is 1. The van der Waals surface area contributed by atoms with E-state index < -0.39 is 0 Å². The second-order valence-corrected chi connectivity index (χ2v) is 11.6. The fourth-order valence-corrected chi connectivity index (χ4v) is 6.15. The second kappa shape index (κ2) is 15.2. The van der Waals surface area contributed by atoms with E-state index in [1.165, 1.54) is 37.9 Å². The van der Waals surface area contributed by atoms with Crippen LogP contribution in [0.2, 0.25) is 0 Å². The van der Waals surface area contributed by atoms with Gasteiger partial charge in [-0.3, -0.25) is 4.90 Å². The number of hydrogen-bond donors (Lipinski definition) is 0. The van der Waals surface area contributed by atoms with Gasteiger partial charge in [0.15, 0.2) is 0 Å². The Labute approximate surface area is 256 Å². The number of anilines is 2. The van der Waals surface area contributed by atoms with Gasteiger partial charge in [0, 0.05) is 43.6 Å². The van der Waals surface area contributed by atoms with Gasteiger partial charge in [0.05, 0.1) is 30.4 Å². The van der Waals surface area contributed by atoms with E-state index in [0.29, 0.717) is 6.61 Å². The highest BCUT2D eigenvalue weighted by atomic mass is 127. The summed E-state index contributed by atoms with van der Waals surface area (Å²) in [5.74, 6) is 1.27. The highest BCUT2D eigenvalue weighted by Crippen LogP contribution is 2.45. The van der Waals surface area contributed by atoms with E-state index in [1.54, 1.807) is 7.11 Å². The molecule has 0 saturated carbocycles. The molecular weight excluding hydrogens is 617 g/mol. The number of fused-ring (bicyclic) bond motifs is 2. The van der Waals surface area contributed by atoms with E-state index in [9.17, 15) is 0 Å². The lowest BCUT2D eigenvalue weighted by molar-refractivity contribution is -0.660. The molecular formula is C31H44IN5OS. The van der Waals surface area contributed by atoms with Gasteiger partial charge in [-0.25, -0.2) is 4.57 Å². The largest absolute Gasteiger partial charge is 1.00 e. The van der Waals surface area contributed by atoms with Crippen LogP contribution in [0.1, 0.15) is 18.4 Å². The molecule has 6 nitrogen and oxygen atoms in total. The predicted molar refractivity (Wildman–Crippen MR) is 163 cm³/mol. The number of pyridine rings is 1. The third-order valence-electron chi connectivity index (χ3n) is 7.03. The predicted octanol–water partition coefficient (Wildman–Crippen LogP) is 2.03. The Morgan fingerprint density at radius 2 is 1.54 bits per heavy atom. The van der Waals surface area contributed by atoms with Crippen LogP contribution in [0.4, 0.5) is 11.5 Å². The fourth-order valence-electron chi connectivity index (χ4n) is 5.05. The van der Waals surface area contributed by atoms with Crippen LogP contribution in [0.3, 0.4) is 0 Å². The lowest BCUT2D eigenvalue weighted by atomic mass is 10.1. The van der Waals surface area contributed by atoms with Crippen molar-refractivity contribution in [2.24, 2.45) is 0 Å². The average molecular weight is 662 g/mol. The normalized spacial score (nSPS) is 13.9. The van der Waals surface area contributed by atoms with E-state index in [2.05, 4.69) is 120 Å². The molecule has 0 radical (unpaired) electrons. The zero-order valence-electron chi connectivity index (χ0n) is 24.4. The maximum Gasteiger partial charge on any atom is 0.277 e. The third kappa shape index (κ3) is 8.10. The molecule has 0 N–H and O–H groups in total.